The van der Waals surface area contributed by atoms with Crippen LogP contribution in [0.25, 0.3) is 77.5 Å². The third kappa shape index (κ3) is 7.99. The molecule has 0 radical (unpaired) electrons. The van der Waals surface area contributed by atoms with E-state index in [2.05, 4.69) is 202 Å². The van der Waals surface area contributed by atoms with Gasteiger partial charge in [-0.15, -0.1) is 0 Å². The number of rotatable bonds is 9. The van der Waals surface area contributed by atoms with Crippen LogP contribution in [0.3, 0.4) is 0 Å². The van der Waals surface area contributed by atoms with E-state index in [0.29, 0.717) is 5.70 Å². The minimum atomic E-state index is 0.154. The number of benzene rings is 6. The summed E-state index contributed by atoms with van der Waals surface area (Å²) in [5, 5.41) is 8.64. The second kappa shape index (κ2) is 15.7. The summed E-state index contributed by atoms with van der Waals surface area (Å²) < 4.78 is 4.90. The van der Waals surface area contributed by atoms with E-state index in [1.807, 2.05) is 18.2 Å². The van der Waals surface area contributed by atoms with Crippen molar-refractivity contribution in [2.45, 2.75) is 54.4 Å². The molecule has 1 aliphatic rings. The molecule has 0 aliphatic carbocycles. The number of aromatic nitrogens is 2. The van der Waals surface area contributed by atoms with E-state index in [9.17, 15) is 0 Å². The van der Waals surface area contributed by atoms with E-state index in [4.69, 9.17) is 5.73 Å². The van der Waals surface area contributed by atoms with Gasteiger partial charge >= 0.3 is 0 Å². The summed E-state index contributed by atoms with van der Waals surface area (Å²) in [7, 11) is 0. The number of hydrogen-bond acceptors (Lipinski definition) is 2. The fourth-order valence-electron chi connectivity index (χ4n) is 9.16. The van der Waals surface area contributed by atoms with E-state index < -0.39 is 0 Å². The van der Waals surface area contributed by atoms with Gasteiger partial charge in [-0.05, 0) is 119 Å². The number of para-hydroxylation sites is 2. The molecule has 8 aromatic rings. The predicted molar refractivity (Wildman–Crippen MR) is 263 cm³/mol. The Kier molecular flexibility index (Phi) is 10.2. The maximum absolute atomic E-state index is 7.00. The second-order valence-corrected chi connectivity index (χ2v) is 19.1. The van der Waals surface area contributed by atoms with Crippen molar-refractivity contribution < 1.29 is 0 Å². The third-order valence-corrected chi connectivity index (χ3v) is 11.6. The lowest BCUT2D eigenvalue weighted by Gasteiger charge is -2.20. The van der Waals surface area contributed by atoms with Crippen molar-refractivity contribution in [3.8, 4) is 22.5 Å². The molecule has 304 valence electrons. The molecular formula is C57H56N4. The first kappa shape index (κ1) is 39.7. The van der Waals surface area contributed by atoms with Crippen LogP contribution in [0, 0.1) is 10.8 Å². The zero-order valence-corrected chi connectivity index (χ0v) is 36.4. The van der Waals surface area contributed by atoms with Gasteiger partial charge in [0.15, 0.2) is 0 Å². The highest BCUT2D eigenvalue weighted by atomic mass is 15.0. The lowest BCUT2D eigenvalue weighted by Crippen LogP contribution is -2.14. The van der Waals surface area contributed by atoms with E-state index in [-0.39, 0.29) is 10.8 Å². The van der Waals surface area contributed by atoms with Crippen LogP contribution in [0.4, 0.5) is 0 Å². The molecule has 6 aromatic carbocycles. The van der Waals surface area contributed by atoms with Gasteiger partial charge in [0.1, 0.15) is 0 Å². The molecule has 0 saturated heterocycles. The van der Waals surface area contributed by atoms with Crippen molar-refractivity contribution in [3.05, 3.63) is 193 Å². The monoisotopic (exact) mass is 796 g/mol. The first-order chi connectivity index (χ1) is 29.3. The average Bonchev–Trinajstić information content (AvgIpc) is 3.74. The van der Waals surface area contributed by atoms with Crippen LogP contribution < -0.4 is 11.1 Å². The number of nitrogens with one attached hydrogen (secondary N) is 1. The van der Waals surface area contributed by atoms with Crippen LogP contribution in [0.15, 0.2) is 170 Å². The molecule has 0 saturated carbocycles. The van der Waals surface area contributed by atoms with Gasteiger partial charge in [-0.2, -0.15) is 0 Å². The Hall–Kier alpha value is -6.78. The number of fused-ring (bicyclic) bond motifs is 6. The van der Waals surface area contributed by atoms with Crippen molar-refractivity contribution in [1.82, 2.24) is 14.5 Å². The average molecular weight is 797 g/mol. The van der Waals surface area contributed by atoms with Crippen LogP contribution in [0.5, 0.6) is 0 Å². The standard InChI is InChI=1S/C57H56N4/c1-8-9-10-19-50(58)42-30-40(32-44(34-42)60-52-21-13-11-17-46(52)48-25-23-38(28-54(48)60)36-56(2,3)4)41-31-43(51-20-15-16-27-59-51)35-45(33-41)61-53-22-14-12-18-47(53)49-26-24-39(29-55(49)61)37-57(5,6)7/h8-26,28-35,59H,1,27,36-37,58H2,2-7H3/b10-9-,50-19-. The Morgan fingerprint density at radius 2 is 1.13 bits per heavy atom. The highest BCUT2D eigenvalue weighted by Crippen LogP contribution is 2.39. The molecule has 0 amide bonds. The van der Waals surface area contributed by atoms with E-state index >= 15 is 0 Å². The smallest absolute Gasteiger partial charge is 0.0543 e. The fraction of sp³-hybridized carbons (Fsp3) is 0.193. The zero-order chi connectivity index (χ0) is 42.5. The molecule has 9 rings (SSSR count). The van der Waals surface area contributed by atoms with Crippen molar-refractivity contribution in [3.63, 3.8) is 0 Å². The largest absolute Gasteiger partial charge is 0.398 e. The van der Waals surface area contributed by atoms with E-state index in [0.717, 1.165) is 64.2 Å². The molecule has 0 atom stereocenters. The molecule has 4 nitrogen and oxygen atoms in total. The Labute approximate surface area is 360 Å². The summed E-state index contributed by atoms with van der Waals surface area (Å²) in [6, 6.07) is 45.5. The molecule has 3 N–H and O–H groups in total. The fourth-order valence-corrected chi connectivity index (χ4v) is 9.16. The summed E-state index contributed by atoms with van der Waals surface area (Å²) >= 11 is 0. The third-order valence-electron chi connectivity index (χ3n) is 11.6. The zero-order valence-electron chi connectivity index (χ0n) is 36.4. The number of dihydropyridines is 1. The van der Waals surface area contributed by atoms with Gasteiger partial charge < -0.3 is 20.2 Å². The summed E-state index contributed by atoms with van der Waals surface area (Å²) in [6.07, 6.45) is 16.1. The first-order valence-electron chi connectivity index (χ1n) is 21.6. The lowest BCUT2D eigenvalue weighted by molar-refractivity contribution is 0.411. The normalized spacial score (nSPS) is 13.8. The molecule has 0 spiro atoms. The lowest BCUT2D eigenvalue weighted by atomic mass is 9.88. The summed E-state index contributed by atoms with van der Waals surface area (Å²) in [6.45, 7) is 18.5. The van der Waals surface area contributed by atoms with E-state index in [1.165, 1.54) is 49.2 Å². The maximum atomic E-state index is 7.00. The van der Waals surface area contributed by atoms with Gasteiger partial charge in [0.25, 0.3) is 0 Å². The minimum Gasteiger partial charge on any atom is -0.398 e. The van der Waals surface area contributed by atoms with E-state index in [1.54, 1.807) is 6.08 Å². The van der Waals surface area contributed by atoms with Gasteiger partial charge in [0.2, 0.25) is 0 Å². The molecule has 0 unspecified atom stereocenters. The van der Waals surface area contributed by atoms with Crippen molar-refractivity contribution >= 4 is 55.0 Å². The van der Waals surface area contributed by atoms with Crippen molar-refractivity contribution in [2.75, 3.05) is 6.54 Å². The quantitative estimate of drug-likeness (QED) is 0.143. The molecular weight excluding hydrogens is 741 g/mol. The number of nitrogens with two attached hydrogens (primary N) is 1. The number of hydrogen-bond donors (Lipinski definition) is 2. The molecule has 61 heavy (non-hydrogen) atoms. The van der Waals surface area contributed by atoms with Crippen LogP contribution in [0.1, 0.15) is 63.8 Å². The molecule has 4 heteroatoms. The summed E-state index contributed by atoms with van der Waals surface area (Å²) in [5.41, 5.74) is 22.9. The Balaban J connectivity index is 1.33. The maximum Gasteiger partial charge on any atom is 0.0543 e. The van der Waals surface area contributed by atoms with Crippen molar-refractivity contribution in [2.24, 2.45) is 16.6 Å². The highest BCUT2D eigenvalue weighted by molar-refractivity contribution is 6.10. The van der Waals surface area contributed by atoms with Gasteiger partial charge in [-0.1, -0.05) is 139 Å². The highest BCUT2D eigenvalue weighted by Gasteiger charge is 2.20. The number of nitrogens with zero attached hydrogens (tertiary/aromatic N) is 2. The van der Waals surface area contributed by atoms with Crippen LogP contribution >= 0.6 is 0 Å². The molecule has 3 heterocycles. The number of allylic oxidation sites excluding steroid dienone is 6. The topological polar surface area (TPSA) is 47.9 Å². The van der Waals surface area contributed by atoms with Gasteiger partial charge in [-0.3, -0.25) is 0 Å². The molecule has 0 fully saturated rings. The van der Waals surface area contributed by atoms with Gasteiger partial charge in [-0.25, -0.2) is 0 Å². The van der Waals surface area contributed by atoms with Crippen LogP contribution in [0.2, 0.25) is 0 Å². The van der Waals surface area contributed by atoms with Crippen molar-refractivity contribution in [1.29, 1.82) is 0 Å². The Morgan fingerprint density at radius 1 is 0.607 bits per heavy atom. The summed E-state index contributed by atoms with van der Waals surface area (Å²) in [5.74, 6) is 0. The molecule has 1 aliphatic heterocycles. The molecule has 2 aromatic heterocycles. The predicted octanol–water partition coefficient (Wildman–Crippen LogP) is 14.3. The first-order valence-corrected chi connectivity index (χ1v) is 21.6. The SMILES string of the molecule is C=C/C=C\C=C(/N)c1cc(-c2cc(C3=CC=CCN3)cc(-n3c4ccccc4c4ccc(CC(C)(C)C)cc43)c2)cc(-n2c3ccccc3c3ccc(CC(C)(C)C)cc32)c1. The molecule has 0 bridgehead atoms. The second-order valence-electron chi connectivity index (χ2n) is 19.1. The summed E-state index contributed by atoms with van der Waals surface area (Å²) in [4.78, 5) is 0. The Bertz CT molecular complexity index is 3120. The van der Waals surface area contributed by atoms with Gasteiger partial charge in [0.05, 0.1) is 22.1 Å². The Morgan fingerprint density at radius 3 is 1.67 bits per heavy atom. The van der Waals surface area contributed by atoms with Crippen LogP contribution in [-0.2, 0) is 12.8 Å². The minimum absolute atomic E-state index is 0.154. The van der Waals surface area contributed by atoms with Gasteiger partial charge in [0, 0.05) is 62.0 Å². The van der Waals surface area contributed by atoms with Crippen LogP contribution in [-0.4, -0.2) is 15.7 Å².